The topological polar surface area (TPSA) is 228 Å². The number of anilines is 3. The zero-order valence-electron chi connectivity index (χ0n) is 52.6. The molecule has 11 rings (SSSR count). The van der Waals surface area contributed by atoms with Crippen LogP contribution in [-0.2, 0) is 35.2 Å². The van der Waals surface area contributed by atoms with Crippen LogP contribution in [0.2, 0.25) is 0 Å². The van der Waals surface area contributed by atoms with E-state index in [1.807, 2.05) is 11.0 Å². The Morgan fingerprint density at radius 3 is 2.40 bits per heavy atom. The molecular formula is C66H91F2N13O8S. The van der Waals surface area contributed by atoms with E-state index in [-0.39, 0.29) is 91.4 Å². The van der Waals surface area contributed by atoms with Crippen LogP contribution in [0.3, 0.4) is 0 Å². The molecule has 7 heterocycles. The van der Waals surface area contributed by atoms with E-state index >= 15 is 8.78 Å². The first-order valence-electron chi connectivity index (χ1n) is 32.8. The summed E-state index contributed by atoms with van der Waals surface area (Å²) in [5.74, 6) is 1.24. The van der Waals surface area contributed by atoms with Crippen molar-refractivity contribution in [3.05, 3.63) is 87.6 Å². The van der Waals surface area contributed by atoms with Crippen LogP contribution in [0.5, 0.6) is 5.75 Å². The summed E-state index contributed by atoms with van der Waals surface area (Å²) in [5, 5.41) is 17.8. The van der Waals surface area contributed by atoms with E-state index in [2.05, 4.69) is 65.1 Å². The number of ketones is 1. The Balaban J connectivity index is 0.539. The minimum Gasteiger partial charge on any atom is -0.492 e. The third-order valence-electron chi connectivity index (χ3n) is 19.7. The number of amides is 4. The summed E-state index contributed by atoms with van der Waals surface area (Å²) in [6.45, 7) is 13.8. The number of carbonyl (C=O) groups is 5. The number of halogens is 2. The molecule has 2 aromatic carbocycles. The van der Waals surface area contributed by atoms with Crippen molar-refractivity contribution in [2.75, 3.05) is 134 Å². The fraction of sp³-hybridized carbons (Fsp3) is 0.636. The molecule has 2 aliphatic carbocycles. The number of nitrogens with zero attached hydrogens (tertiary/aromatic N) is 8. The second-order valence-electron chi connectivity index (χ2n) is 26.8. The van der Waals surface area contributed by atoms with Crippen LogP contribution in [0.25, 0.3) is 0 Å². The van der Waals surface area contributed by atoms with Crippen molar-refractivity contribution in [1.29, 1.82) is 0 Å². The lowest BCUT2D eigenvalue weighted by Gasteiger charge is -2.48. The molecule has 7 aliphatic rings. The summed E-state index contributed by atoms with van der Waals surface area (Å²) >= 11 is 1.38. The fourth-order valence-corrected chi connectivity index (χ4v) is 15.6. The highest BCUT2D eigenvalue weighted by Crippen LogP contribution is 2.41. The standard InChI is InChI=1S/C66H91F2N13O8S/c1-65(2)14-21-77(22-15-65)38-48-32-52(68)55(33-51(48)67)80-39-59(83)76-66(42-80)16-23-79(24-17-66)57-34-56(72-43-73-57)70-18-26-87-28-25-78-36-46-30-50(31-47(46)37-78)89-40-60(84)71-19-27-88-49-12-7-11-45(29-49)62(85)53-41-90-63(74-53)54-13-8-20-81(54)64(86)61(75-58(82)35-69-3)44-9-5-4-6-10-44/h7,11-12,29,32-34,41,43-44,46-47,50,54,61,69H,4-6,8-10,13-28,30-31,35-40,42H2,1-3H3,(H,71,84)(H,75,82)(H,76,83)(H,70,72,73)/t46-,47+,50?,54-,61-/m0/s1. The van der Waals surface area contributed by atoms with Crippen LogP contribution in [-0.4, -0.2) is 195 Å². The number of aromatic nitrogens is 3. The Morgan fingerprint density at radius 1 is 0.833 bits per heavy atom. The number of nitrogens with one attached hydrogen (secondary N) is 5. The van der Waals surface area contributed by atoms with Gasteiger partial charge in [0.25, 0.3) is 0 Å². The average molecular weight is 1260 g/mol. The Hall–Kier alpha value is -6.44. The molecule has 488 valence electrons. The summed E-state index contributed by atoms with van der Waals surface area (Å²) in [6, 6.07) is 10.6. The maximum atomic E-state index is 15.7. The highest BCUT2D eigenvalue weighted by atomic mass is 32.1. The first-order valence-corrected chi connectivity index (χ1v) is 33.7. The van der Waals surface area contributed by atoms with Gasteiger partial charge in [-0.2, -0.15) is 0 Å². The van der Waals surface area contributed by atoms with Crippen molar-refractivity contribution in [3.8, 4) is 5.75 Å². The molecule has 7 fully saturated rings. The van der Waals surface area contributed by atoms with Crippen LogP contribution in [0.1, 0.15) is 130 Å². The molecule has 5 saturated heterocycles. The van der Waals surface area contributed by atoms with Gasteiger partial charge in [-0.05, 0) is 126 Å². The first-order chi connectivity index (χ1) is 43.6. The van der Waals surface area contributed by atoms with Gasteiger partial charge >= 0.3 is 0 Å². The van der Waals surface area contributed by atoms with Gasteiger partial charge in [-0.1, -0.05) is 45.2 Å². The van der Waals surface area contributed by atoms with Crippen molar-refractivity contribution < 1.29 is 47.0 Å². The highest BCUT2D eigenvalue weighted by Gasteiger charge is 2.44. The monoisotopic (exact) mass is 1260 g/mol. The number of benzene rings is 2. The molecule has 24 heteroatoms. The molecule has 0 radical (unpaired) electrons. The van der Waals surface area contributed by atoms with E-state index in [1.165, 1.54) is 23.5 Å². The first kappa shape index (κ1) is 65.1. The summed E-state index contributed by atoms with van der Waals surface area (Å²) in [4.78, 5) is 90.6. The number of likely N-dealkylation sites (tertiary alicyclic amines) is 3. The largest absolute Gasteiger partial charge is 0.492 e. The number of hydrogen-bond donors (Lipinski definition) is 5. The lowest BCUT2D eigenvalue weighted by Crippen LogP contribution is -2.66. The molecular weight excluding hydrogens is 1170 g/mol. The quantitative estimate of drug-likeness (QED) is 0.0341. The Kier molecular flexibility index (Phi) is 21.6. The lowest BCUT2D eigenvalue weighted by atomic mass is 9.82. The number of rotatable bonds is 26. The van der Waals surface area contributed by atoms with E-state index in [0.29, 0.717) is 111 Å². The molecule has 21 nitrogen and oxygen atoms in total. The molecule has 4 amide bonds. The minimum absolute atomic E-state index is 0.0187. The Bertz CT molecular complexity index is 3120. The Labute approximate surface area is 531 Å². The third kappa shape index (κ3) is 16.6. The van der Waals surface area contributed by atoms with Crippen molar-refractivity contribution in [3.63, 3.8) is 0 Å². The van der Waals surface area contributed by atoms with E-state index < -0.39 is 23.2 Å². The van der Waals surface area contributed by atoms with E-state index in [9.17, 15) is 24.0 Å². The van der Waals surface area contributed by atoms with Crippen LogP contribution in [0.4, 0.5) is 26.1 Å². The number of piperidine rings is 2. The minimum atomic E-state index is -0.581. The molecule has 0 bridgehead atoms. The average Bonchev–Trinajstić information content (AvgIpc) is 1.01. The van der Waals surface area contributed by atoms with E-state index in [0.717, 1.165) is 109 Å². The molecule has 5 aliphatic heterocycles. The lowest BCUT2D eigenvalue weighted by molar-refractivity contribution is -0.139. The number of hydrogen-bond acceptors (Lipinski definition) is 18. The predicted molar refractivity (Wildman–Crippen MR) is 340 cm³/mol. The summed E-state index contributed by atoms with van der Waals surface area (Å²) < 4.78 is 49.4. The van der Waals surface area contributed by atoms with E-state index in [1.54, 1.807) is 47.9 Å². The third-order valence-corrected chi connectivity index (χ3v) is 20.7. The van der Waals surface area contributed by atoms with Crippen LogP contribution in [0.15, 0.2) is 54.2 Å². The summed E-state index contributed by atoms with van der Waals surface area (Å²) in [7, 11) is 1.71. The number of piperazine rings is 1. The molecule has 2 saturated carbocycles. The number of ether oxygens (including phenoxy) is 3. The Morgan fingerprint density at radius 2 is 1.62 bits per heavy atom. The highest BCUT2D eigenvalue weighted by molar-refractivity contribution is 7.10. The van der Waals surface area contributed by atoms with Gasteiger partial charge in [0.2, 0.25) is 29.4 Å². The zero-order valence-corrected chi connectivity index (χ0v) is 53.4. The molecule has 4 aromatic rings. The molecule has 2 aromatic heterocycles. The van der Waals surface area contributed by atoms with Gasteiger partial charge in [-0.3, -0.25) is 28.9 Å². The predicted octanol–water partition coefficient (Wildman–Crippen LogP) is 6.34. The number of fused-ring (bicyclic) bond motifs is 1. The van der Waals surface area contributed by atoms with Crippen molar-refractivity contribution >= 4 is 58.1 Å². The second kappa shape index (κ2) is 29.9. The molecule has 1 unspecified atom stereocenters. The molecule has 90 heavy (non-hydrogen) atoms. The maximum Gasteiger partial charge on any atom is 0.246 e. The van der Waals surface area contributed by atoms with Crippen LogP contribution < -0.4 is 41.1 Å². The number of carbonyl (C=O) groups excluding carboxylic acids is 5. The van der Waals surface area contributed by atoms with Gasteiger partial charge in [-0.15, -0.1) is 11.3 Å². The SMILES string of the molecule is CNCC(=O)N[C@H](C(=O)N1CCC[C@H]1c1nc(C(=O)c2cccc(OCCNC(=O)COC3C[C@@H]4CN(CCOCCNc5cc(N6CCC7(CC6)CN(c6cc(F)c(CN8CCC(C)(C)CC8)cc6F)CC(=O)N7)ncn5)C[C@@H]4C3)c2)cs1)C1CCCCC1. The second-order valence-corrected chi connectivity index (χ2v) is 27.7. The van der Waals surface area contributed by atoms with E-state index in [4.69, 9.17) is 19.2 Å². The summed E-state index contributed by atoms with van der Waals surface area (Å²) in [6.07, 6.45) is 13.3. The maximum absolute atomic E-state index is 15.7. The van der Waals surface area contributed by atoms with Gasteiger partial charge < -0.3 is 60.4 Å². The molecule has 5 N–H and O–H groups in total. The van der Waals surface area contributed by atoms with Gasteiger partial charge in [0, 0.05) is 87.5 Å². The smallest absolute Gasteiger partial charge is 0.246 e. The number of thiazole rings is 1. The normalized spacial score (nSPS) is 23.2. The van der Waals surface area contributed by atoms with Gasteiger partial charge in [-0.25, -0.2) is 23.7 Å². The van der Waals surface area contributed by atoms with Gasteiger partial charge in [0.05, 0.1) is 56.2 Å². The van der Waals surface area contributed by atoms with Crippen LogP contribution >= 0.6 is 11.3 Å². The van der Waals surface area contributed by atoms with Crippen molar-refractivity contribution in [2.24, 2.45) is 23.2 Å². The molecule has 5 atom stereocenters. The van der Waals surface area contributed by atoms with Gasteiger partial charge in [0.1, 0.15) is 65.3 Å². The number of likely N-dealkylation sites (N-methyl/N-ethyl adjacent to an activating group) is 1. The zero-order chi connectivity index (χ0) is 62.8. The fourth-order valence-electron chi connectivity index (χ4n) is 14.6. The van der Waals surface area contributed by atoms with Crippen LogP contribution in [0, 0.1) is 34.8 Å². The molecule has 1 spiro atoms. The van der Waals surface area contributed by atoms with Gasteiger partial charge in [0.15, 0.2) is 0 Å². The van der Waals surface area contributed by atoms with Crippen molar-refractivity contribution in [2.45, 2.75) is 128 Å². The van der Waals surface area contributed by atoms with Crippen molar-refractivity contribution in [1.82, 2.24) is 50.9 Å². The summed E-state index contributed by atoms with van der Waals surface area (Å²) in [5.41, 5.74) is 0.898.